The Morgan fingerprint density at radius 1 is 1.46 bits per heavy atom. The van der Waals surface area contributed by atoms with Gasteiger partial charge in [-0.05, 0) is 34.1 Å². The van der Waals surface area contributed by atoms with E-state index in [0.29, 0.717) is 0 Å². The summed E-state index contributed by atoms with van der Waals surface area (Å²) in [6, 6.07) is 0. The molecule has 0 aliphatic heterocycles. The van der Waals surface area contributed by atoms with Crippen LogP contribution in [0.5, 0.6) is 0 Å². The van der Waals surface area contributed by atoms with Crippen LogP contribution in [0, 0.1) is 0 Å². The van der Waals surface area contributed by atoms with Crippen molar-refractivity contribution < 1.29 is 9.53 Å². The summed E-state index contributed by atoms with van der Waals surface area (Å²) in [5, 5.41) is 2.67. The summed E-state index contributed by atoms with van der Waals surface area (Å²) >= 11 is 0. The Kier molecular flexibility index (Phi) is 4.52. The zero-order chi connectivity index (χ0) is 10.5. The van der Waals surface area contributed by atoms with Gasteiger partial charge in [0.2, 0.25) is 0 Å². The van der Waals surface area contributed by atoms with Crippen LogP contribution in [-0.2, 0) is 4.74 Å². The Morgan fingerprint density at radius 3 is 2.31 bits per heavy atom. The maximum absolute atomic E-state index is 11.2. The van der Waals surface area contributed by atoms with Crippen LogP contribution in [0.1, 0.15) is 41.0 Å². The lowest BCUT2D eigenvalue weighted by Crippen LogP contribution is -2.31. The van der Waals surface area contributed by atoms with Gasteiger partial charge in [0.25, 0.3) is 0 Å². The minimum absolute atomic E-state index is 0.387. The molecule has 0 fully saturated rings. The standard InChI is InChI=1S/C10H19NO2/c1-6-8(7-2)11-9(12)13-10(3,4)5/h6H,7H2,1-5H3,(H,11,12)/b8-6-. The van der Waals surface area contributed by atoms with Gasteiger partial charge in [-0.15, -0.1) is 0 Å². The number of carbonyl (C=O) groups is 1. The summed E-state index contributed by atoms with van der Waals surface area (Å²) in [7, 11) is 0. The van der Waals surface area contributed by atoms with E-state index in [4.69, 9.17) is 4.74 Å². The fourth-order valence-corrected chi connectivity index (χ4v) is 0.799. The Labute approximate surface area is 80.2 Å². The number of rotatable bonds is 2. The van der Waals surface area contributed by atoms with Crippen LogP contribution in [0.2, 0.25) is 0 Å². The topological polar surface area (TPSA) is 38.3 Å². The number of amides is 1. The van der Waals surface area contributed by atoms with E-state index in [2.05, 4.69) is 5.32 Å². The van der Waals surface area contributed by atoms with Crippen LogP contribution in [0.15, 0.2) is 11.8 Å². The molecule has 1 N–H and O–H groups in total. The molecule has 0 spiro atoms. The average molecular weight is 185 g/mol. The SMILES string of the molecule is C/C=C(/CC)NC(=O)OC(C)(C)C. The van der Waals surface area contributed by atoms with Gasteiger partial charge in [-0.25, -0.2) is 4.79 Å². The third kappa shape index (κ3) is 6.20. The van der Waals surface area contributed by atoms with Gasteiger partial charge in [0, 0.05) is 5.70 Å². The first-order valence-corrected chi connectivity index (χ1v) is 4.54. The van der Waals surface area contributed by atoms with Crippen LogP contribution in [0.3, 0.4) is 0 Å². The Morgan fingerprint density at radius 2 is 2.00 bits per heavy atom. The molecule has 0 rings (SSSR count). The lowest BCUT2D eigenvalue weighted by Gasteiger charge is -2.20. The smallest absolute Gasteiger partial charge is 0.411 e. The molecule has 0 aliphatic rings. The highest BCUT2D eigenvalue weighted by Gasteiger charge is 2.15. The van der Waals surface area contributed by atoms with Crippen molar-refractivity contribution in [2.24, 2.45) is 0 Å². The molecule has 76 valence electrons. The maximum Gasteiger partial charge on any atom is 0.411 e. The van der Waals surface area contributed by atoms with E-state index < -0.39 is 5.60 Å². The van der Waals surface area contributed by atoms with Gasteiger partial charge in [0.05, 0.1) is 0 Å². The summed E-state index contributed by atoms with van der Waals surface area (Å²) in [5.41, 5.74) is 0.450. The average Bonchev–Trinajstić information content (AvgIpc) is 1.96. The molecule has 0 aliphatic carbocycles. The largest absolute Gasteiger partial charge is 0.444 e. The highest BCUT2D eigenvalue weighted by Crippen LogP contribution is 2.07. The zero-order valence-electron chi connectivity index (χ0n) is 9.10. The molecular weight excluding hydrogens is 166 g/mol. The molecule has 0 atom stereocenters. The second kappa shape index (κ2) is 4.90. The lowest BCUT2D eigenvalue weighted by molar-refractivity contribution is 0.0544. The second-order valence-electron chi connectivity index (χ2n) is 3.79. The van der Waals surface area contributed by atoms with Crippen molar-refractivity contribution in [3.63, 3.8) is 0 Å². The van der Waals surface area contributed by atoms with Crippen molar-refractivity contribution in [3.05, 3.63) is 11.8 Å². The van der Waals surface area contributed by atoms with Crippen LogP contribution >= 0.6 is 0 Å². The number of ether oxygens (including phenoxy) is 1. The van der Waals surface area contributed by atoms with Gasteiger partial charge in [-0.2, -0.15) is 0 Å². The maximum atomic E-state index is 11.2. The zero-order valence-corrected chi connectivity index (χ0v) is 9.10. The number of nitrogens with one attached hydrogen (secondary N) is 1. The van der Waals surface area contributed by atoms with Crippen molar-refractivity contribution >= 4 is 6.09 Å². The first-order valence-electron chi connectivity index (χ1n) is 4.54. The summed E-state index contributed by atoms with van der Waals surface area (Å²) < 4.78 is 5.08. The molecule has 13 heavy (non-hydrogen) atoms. The van der Waals surface area contributed by atoms with Crippen LogP contribution < -0.4 is 5.32 Å². The van der Waals surface area contributed by atoms with E-state index in [1.807, 2.05) is 40.7 Å². The monoisotopic (exact) mass is 185 g/mol. The number of allylic oxidation sites excluding steroid dienone is 2. The molecule has 1 amide bonds. The third-order valence-electron chi connectivity index (χ3n) is 1.39. The highest BCUT2D eigenvalue weighted by molar-refractivity contribution is 5.69. The molecule has 0 aromatic rings. The van der Waals surface area contributed by atoms with Crippen molar-refractivity contribution in [2.45, 2.75) is 46.6 Å². The molecule has 0 bridgehead atoms. The minimum Gasteiger partial charge on any atom is -0.444 e. The molecular formula is C10H19NO2. The summed E-state index contributed by atoms with van der Waals surface area (Å²) in [6.07, 6.45) is 2.28. The number of hydrogen-bond acceptors (Lipinski definition) is 2. The predicted octanol–water partition coefficient (Wildman–Crippen LogP) is 2.82. The molecule has 0 radical (unpaired) electrons. The summed E-state index contributed by atoms with van der Waals surface area (Å²) in [5.74, 6) is 0. The van der Waals surface area contributed by atoms with E-state index in [1.54, 1.807) is 0 Å². The molecule has 0 unspecified atom stereocenters. The number of carbonyl (C=O) groups excluding carboxylic acids is 1. The van der Waals surface area contributed by atoms with Crippen LogP contribution in [-0.4, -0.2) is 11.7 Å². The van der Waals surface area contributed by atoms with E-state index >= 15 is 0 Å². The van der Waals surface area contributed by atoms with Crippen molar-refractivity contribution in [1.82, 2.24) is 5.32 Å². The quantitative estimate of drug-likeness (QED) is 0.718. The van der Waals surface area contributed by atoms with Crippen LogP contribution in [0.4, 0.5) is 4.79 Å². The van der Waals surface area contributed by atoms with Gasteiger partial charge in [0.15, 0.2) is 0 Å². The summed E-state index contributed by atoms with van der Waals surface area (Å²) in [4.78, 5) is 11.2. The number of alkyl carbamates (subject to hydrolysis) is 1. The second-order valence-corrected chi connectivity index (χ2v) is 3.79. The van der Waals surface area contributed by atoms with E-state index in [1.165, 1.54) is 0 Å². The molecule has 0 saturated heterocycles. The minimum atomic E-state index is -0.434. The normalized spacial score (nSPS) is 12.5. The lowest BCUT2D eigenvalue weighted by atomic mass is 10.2. The molecule has 3 nitrogen and oxygen atoms in total. The Bertz CT molecular complexity index is 201. The van der Waals surface area contributed by atoms with Gasteiger partial charge in [-0.3, -0.25) is 5.32 Å². The Balaban J connectivity index is 4.02. The Hall–Kier alpha value is -0.990. The third-order valence-corrected chi connectivity index (χ3v) is 1.39. The fourth-order valence-electron chi connectivity index (χ4n) is 0.799. The van der Waals surface area contributed by atoms with Gasteiger partial charge in [0.1, 0.15) is 5.60 Å². The highest BCUT2D eigenvalue weighted by atomic mass is 16.6. The van der Waals surface area contributed by atoms with Crippen LogP contribution in [0.25, 0.3) is 0 Å². The van der Waals surface area contributed by atoms with Crippen molar-refractivity contribution in [2.75, 3.05) is 0 Å². The van der Waals surface area contributed by atoms with Gasteiger partial charge >= 0.3 is 6.09 Å². The number of hydrogen-bond donors (Lipinski definition) is 1. The van der Waals surface area contributed by atoms with E-state index in [-0.39, 0.29) is 6.09 Å². The van der Waals surface area contributed by atoms with Gasteiger partial charge in [-0.1, -0.05) is 13.0 Å². The van der Waals surface area contributed by atoms with E-state index in [0.717, 1.165) is 12.1 Å². The molecule has 0 aromatic heterocycles. The van der Waals surface area contributed by atoms with Crippen molar-refractivity contribution in [3.8, 4) is 0 Å². The summed E-state index contributed by atoms with van der Waals surface area (Å²) in [6.45, 7) is 9.39. The first-order chi connectivity index (χ1) is 5.89. The fraction of sp³-hybridized carbons (Fsp3) is 0.700. The predicted molar refractivity (Wildman–Crippen MR) is 53.4 cm³/mol. The van der Waals surface area contributed by atoms with Crippen molar-refractivity contribution in [1.29, 1.82) is 0 Å². The molecule has 3 heteroatoms. The molecule has 0 saturated carbocycles. The van der Waals surface area contributed by atoms with E-state index in [9.17, 15) is 4.79 Å². The first kappa shape index (κ1) is 12.0. The molecule has 0 aromatic carbocycles. The van der Waals surface area contributed by atoms with Gasteiger partial charge < -0.3 is 4.74 Å². The molecule has 0 heterocycles.